The van der Waals surface area contributed by atoms with E-state index in [2.05, 4.69) is 77.6 Å². The number of fused-ring (bicyclic) bond motifs is 1. The number of benzene rings is 1. The zero-order valence-corrected chi connectivity index (χ0v) is 11.3. The molecule has 3 heteroatoms. The maximum Gasteiger partial charge on any atom is 0.291 e. The molecule has 0 amide bonds. The maximum absolute atomic E-state index is 3.31. The maximum atomic E-state index is 3.31. The summed E-state index contributed by atoms with van der Waals surface area (Å²) in [7, 11) is 2.09. The Bertz CT molecular complexity index is 632. The average Bonchev–Trinajstić information content (AvgIpc) is 2.63. The van der Waals surface area contributed by atoms with Gasteiger partial charge in [-0.2, -0.15) is 4.90 Å². The van der Waals surface area contributed by atoms with Crippen molar-refractivity contribution in [2.24, 2.45) is 7.05 Å². The average molecular weight is 252 g/mol. The summed E-state index contributed by atoms with van der Waals surface area (Å²) < 4.78 is 2.17. The molecule has 0 fully saturated rings. The van der Waals surface area contributed by atoms with E-state index >= 15 is 0 Å². The lowest BCUT2D eigenvalue weighted by atomic mass is 10.1. The first-order valence-corrected chi connectivity index (χ1v) is 6.50. The molecule has 3 nitrogen and oxygen atoms in total. The number of rotatable bonds is 1. The first kappa shape index (κ1) is 11.8. The van der Waals surface area contributed by atoms with Gasteiger partial charge in [0, 0.05) is 12.7 Å². The second-order valence-electron chi connectivity index (χ2n) is 4.82. The van der Waals surface area contributed by atoms with E-state index in [1.165, 1.54) is 22.6 Å². The van der Waals surface area contributed by atoms with Gasteiger partial charge in [0.1, 0.15) is 11.9 Å². The van der Waals surface area contributed by atoms with Gasteiger partial charge in [0.15, 0.2) is 0 Å². The number of hydrogen-bond donors (Lipinski definition) is 1. The molecule has 1 aliphatic heterocycles. The molecule has 0 unspecified atom stereocenters. The molecule has 0 saturated heterocycles. The van der Waals surface area contributed by atoms with Crippen LogP contribution in [0.25, 0.3) is 0 Å². The van der Waals surface area contributed by atoms with Gasteiger partial charge in [0.05, 0.1) is 18.8 Å². The van der Waals surface area contributed by atoms with Crippen LogP contribution in [-0.4, -0.2) is 0 Å². The summed E-state index contributed by atoms with van der Waals surface area (Å²) in [6.45, 7) is 2.99. The molecule has 1 N–H and O–H groups in total. The molecule has 0 atom stereocenters. The quantitative estimate of drug-likeness (QED) is 0.787. The first-order valence-electron chi connectivity index (χ1n) is 6.50. The van der Waals surface area contributed by atoms with Crippen molar-refractivity contribution in [3.63, 3.8) is 0 Å². The molecule has 1 aromatic heterocycles. The van der Waals surface area contributed by atoms with Gasteiger partial charge in [-0.3, -0.25) is 0 Å². The fourth-order valence-electron chi connectivity index (χ4n) is 2.52. The van der Waals surface area contributed by atoms with E-state index in [0.717, 1.165) is 6.54 Å². The molecule has 3 rings (SSSR count). The van der Waals surface area contributed by atoms with E-state index in [4.69, 9.17) is 0 Å². The van der Waals surface area contributed by atoms with Gasteiger partial charge in [0.25, 0.3) is 5.82 Å². The summed E-state index contributed by atoms with van der Waals surface area (Å²) in [5.74, 6) is 1.21. The van der Waals surface area contributed by atoms with Crippen LogP contribution in [0.15, 0.2) is 55.0 Å². The minimum atomic E-state index is 0.850. The number of pyridine rings is 1. The predicted octanol–water partition coefficient (Wildman–Crippen LogP) is 2.53. The Kier molecular flexibility index (Phi) is 2.95. The van der Waals surface area contributed by atoms with E-state index in [-0.39, 0.29) is 0 Å². The van der Waals surface area contributed by atoms with Crippen molar-refractivity contribution < 1.29 is 4.57 Å². The lowest BCUT2D eigenvalue weighted by Crippen LogP contribution is -2.36. The molecule has 1 aromatic carbocycles. The fraction of sp³-hybridized carbons (Fsp3) is 0.188. The Labute approximate surface area is 113 Å². The van der Waals surface area contributed by atoms with Crippen molar-refractivity contribution in [1.29, 1.82) is 0 Å². The van der Waals surface area contributed by atoms with Crippen LogP contribution >= 0.6 is 0 Å². The Balaban J connectivity index is 2.20. The second-order valence-corrected chi connectivity index (χ2v) is 4.82. The third kappa shape index (κ3) is 2.08. The summed E-state index contributed by atoms with van der Waals surface area (Å²) in [4.78, 5) is 2.24. The van der Waals surface area contributed by atoms with Gasteiger partial charge in [-0.05, 0) is 30.7 Å². The van der Waals surface area contributed by atoms with E-state index in [1.54, 1.807) is 0 Å². The number of aryl methyl sites for hydroxylation is 2. The Morgan fingerprint density at radius 1 is 1.16 bits per heavy atom. The normalized spacial score (nSPS) is 13.7. The smallest absolute Gasteiger partial charge is 0.291 e. The second kappa shape index (κ2) is 4.76. The molecule has 19 heavy (non-hydrogen) atoms. The SMILES string of the molecule is Cc1ccccc1N1C=CNCc2ccc[n+](C)c21. The summed E-state index contributed by atoms with van der Waals surface area (Å²) in [5.41, 5.74) is 3.77. The minimum Gasteiger partial charge on any atom is -0.384 e. The molecule has 0 radical (unpaired) electrons. The Morgan fingerprint density at radius 2 is 2.00 bits per heavy atom. The van der Waals surface area contributed by atoms with Crippen molar-refractivity contribution >= 4 is 11.5 Å². The van der Waals surface area contributed by atoms with Crippen molar-refractivity contribution in [3.8, 4) is 0 Å². The topological polar surface area (TPSA) is 19.1 Å². The van der Waals surface area contributed by atoms with Gasteiger partial charge in [-0.15, -0.1) is 0 Å². The fourth-order valence-corrected chi connectivity index (χ4v) is 2.52. The van der Waals surface area contributed by atoms with Crippen molar-refractivity contribution in [2.75, 3.05) is 4.90 Å². The highest BCUT2D eigenvalue weighted by atomic mass is 15.2. The third-order valence-corrected chi connectivity index (χ3v) is 3.47. The summed E-state index contributed by atoms with van der Waals surface area (Å²) in [6, 6.07) is 12.7. The van der Waals surface area contributed by atoms with Crippen LogP contribution in [-0.2, 0) is 13.6 Å². The molecule has 96 valence electrons. The van der Waals surface area contributed by atoms with Crippen molar-refractivity contribution in [1.82, 2.24) is 5.32 Å². The zero-order chi connectivity index (χ0) is 13.2. The Hall–Kier alpha value is -2.29. The summed E-state index contributed by atoms with van der Waals surface area (Å²) in [6.07, 6.45) is 6.18. The van der Waals surface area contributed by atoms with Crippen LogP contribution in [0.1, 0.15) is 11.1 Å². The Morgan fingerprint density at radius 3 is 2.84 bits per heavy atom. The van der Waals surface area contributed by atoms with Crippen LogP contribution < -0.4 is 14.8 Å². The van der Waals surface area contributed by atoms with Gasteiger partial charge >= 0.3 is 0 Å². The highest BCUT2D eigenvalue weighted by Gasteiger charge is 2.25. The van der Waals surface area contributed by atoms with Gasteiger partial charge in [-0.25, -0.2) is 4.57 Å². The highest BCUT2D eigenvalue weighted by Crippen LogP contribution is 2.29. The van der Waals surface area contributed by atoms with E-state index in [0.29, 0.717) is 0 Å². The minimum absolute atomic E-state index is 0.850. The van der Waals surface area contributed by atoms with Gasteiger partial charge < -0.3 is 5.32 Å². The number of hydrogen-bond acceptors (Lipinski definition) is 2. The predicted molar refractivity (Wildman–Crippen MR) is 76.9 cm³/mol. The van der Waals surface area contributed by atoms with Crippen LogP contribution in [0, 0.1) is 6.92 Å². The standard InChI is InChI=1S/C16H18N3/c1-13-6-3-4-8-15(13)19-11-9-17-12-14-7-5-10-18(2)16(14)19/h3-11,17H,12H2,1-2H3/q+1. The van der Waals surface area contributed by atoms with Crippen LogP contribution in [0.2, 0.25) is 0 Å². The zero-order valence-electron chi connectivity index (χ0n) is 11.3. The largest absolute Gasteiger partial charge is 0.384 e. The van der Waals surface area contributed by atoms with E-state index < -0.39 is 0 Å². The number of aromatic nitrogens is 1. The molecular formula is C16H18N3+. The summed E-state index contributed by atoms with van der Waals surface area (Å²) in [5, 5.41) is 3.31. The van der Waals surface area contributed by atoms with Crippen molar-refractivity contribution in [3.05, 3.63) is 66.1 Å². The van der Waals surface area contributed by atoms with E-state index in [9.17, 15) is 0 Å². The molecule has 2 aromatic rings. The number of para-hydroxylation sites is 1. The van der Waals surface area contributed by atoms with Crippen LogP contribution in [0.3, 0.4) is 0 Å². The number of nitrogens with one attached hydrogen (secondary N) is 1. The molecule has 0 bridgehead atoms. The highest BCUT2D eigenvalue weighted by molar-refractivity contribution is 5.67. The summed E-state index contributed by atoms with van der Waals surface area (Å²) >= 11 is 0. The molecule has 1 aliphatic rings. The number of nitrogens with zero attached hydrogens (tertiary/aromatic N) is 2. The lowest BCUT2D eigenvalue weighted by molar-refractivity contribution is -0.658. The third-order valence-electron chi connectivity index (χ3n) is 3.47. The lowest BCUT2D eigenvalue weighted by Gasteiger charge is -2.16. The van der Waals surface area contributed by atoms with Crippen LogP contribution in [0.4, 0.5) is 11.5 Å². The molecule has 0 aliphatic carbocycles. The molecule has 2 heterocycles. The molecule has 0 saturated carbocycles. The number of anilines is 2. The monoisotopic (exact) mass is 252 g/mol. The van der Waals surface area contributed by atoms with E-state index in [1.807, 2.05) is 6.20 Å². The van der Waals surface area contributed by atoms with Gasteiger partial charge in [0.2, 0.25) is 0 Å². The van der Waals surface area contributed by atoms with Gasteiger partial charge in [-0.1, -0.05) is 18.2 Å². The molecular weight excluding hydrogens is 234 g/mol. The van der Waals surface area contributed by atoms with Crippen molar-refractivity contribution in [2.45, 2.75) is 13.5 Å². The first-order chi connectivity index (χ1) is 9.27. The van der Waals surface area contributed by atoms with Crippen LogP contribution in [0.5, 0.6) is 0 Å². The molecule has 0 spiro atoms.